The summed E-state index contributed by atoms with van der Waals surface area (Å²) in [5.41, 5.74) is -0.280. The summed E-state index contributed by atoms with van der Waals surface area (Å²) < 4.78 is 11.9. The van der Waals surface area contributed by atoms with Crippen LogP contribution in [-0.4, -0.2) is 27.8 Å². The quantitative estimate of drug-likeness (QED) is 0.790. The molecule has 2 aromatic rings. The van der Waals surface area contributed by atoms with E-state index in [-0.39, 0.29) is 16.6 Å². The number of halogens is 2. The molecule has 6 nitrogen and oxygen atoms in total. The molecule has 2 rings (SSSR count). The Hall–Kier alpha value is -1.79. The normalized spacial score (nSPS) is 11.4. The Labute approximate surface area is 138 Å². The van der Waals surface area contributed by atoms with Crippen molar-refractivity contribution in [2.24, 2.45) is 0 Å². The van der Waals surface area contributed by atoms with E-state index in [1.165, 1.54) is 25.4 Å². The number of hydrogen-bond acceptors (Lipinski definition) is 5. The number of carbonyl (C=O) groups excluding carboxylic acids is 1. The molecule has 8 heteroatoms. The third kappa shape index (κ3) is 3.51. The van der Waals surface area contributed by atoms with Crippen molar-refractivity contribution in [3.63, 3.8) is 0 Å². The van der Waals surface area contributed by atoms with Crippen LogP contribution in [0.5, 0.6) is 11.8 Å². The molecule has 0 aliphatic rings. The van der Waals surface area contributed by atoms with Crippen LogP contribution in [-0.2, 0) is 10.3 Å². The van der Waals surface area contributed by atoms with Gasteiger partial charge in [-0.2, -0.15) is 5.10 Å². The number of ether oxygens (including phenoxy) is 2. The van der Waals surface area contributed by atoms with E-state index in [0.29, 0.717) is 10.9 Å². The summed E-state index contributed by atoms with van der Waals surface area (Å²) in [6.07, 6.45) is 1.42. The Morgan fingerprint density at radius 3 is 2.50 bits per heavy atom. The van der Waals surface area contributed by atoms with E-state index in [1.807, 2.05) is 20.8 Å². The second kappa shape index (κ2) is 6.14. The van der Waals surface area contributed by atoms with Gasteiger partial charge in [-0.15, -0.1) is 0 Å². The second-order valence-electron chi connectivity index (χ2n) is 5.48. The molecule has 0 radical (unpaired) electrons. The Balaban J connectivity index is 2.44. The van der Waals surface area contributed by atoms with Gasteiger partial charge in [0.15, 0.2) is 5.69 Å². The molecule has 0 saturated carbocycles. The zero-order chi connectivity index (χ0) is 16.5. The van der Waals surface area contributed by atoms with Gasteiger partial charge < -0.3 is 9.47 Å². The van der Waals surface area contributed by atoms with Crippen molar-refractivity contribution < 1.29 is 14.3 Å². The molecule has 22 heavy (non-hydrogen) atoms. The number of rotatable bonds is 3. The third-order valence-electron chi connectivity index (χ3n) is 2.68. The van der Waals surface area contributed by atoms with E-state index in [0.717, 1.165) is 0 Å². The highest BCUT2D eigenvalue weighted by atomic mass is 35.5. The maximum absolute atomic E-state index is 11.7. The first-order chi connectivity index (χ1) is 10.2. The van der Waals surface area contributed by atoms with Gasteiger partial charge in [0.25, 0.3) is 0 Å². The van der Waals surface area contributed by atoms with E-state index in [2.05, 4.69) is 14.8 Å². The van der Waals surface area contributed by atoms with Gasteiger partial charge in [-0.25, -0.2) is 14.5 Å². The fraction of sp³-hybridized carbons (Fsp3) is 0.357. The summed E-state index contributed by atoms with van der Waals surface area (Å²) in [5, 5.41) is 4.87. The minimum atomic E-state index is -0.553. The van der Waals surface area contributed by atoms with Gasteiger partial charge in [0.05, 0.1) is 17.7 Å². The molecule has 0 unspecified atom stereocenters. The molecule has 0 fully saturated rings. The van der Waals surface area contributed by atoms with E-state index in [9.17, 15) is 4.79 Å². The lowest BCUT2D eigenvalue weighted by atomic mass is 10.1. The summed E-state index contributed by atoms with van der Waals surface area (Å²) in [6, 6.07) is 2.99. The molecule has 2 heterocycles. The highest BCUT2D eigenvalue weighted by Crippen LogP contribution is 2.32. The average Bonchev–Trinajstić information content (AvgIpc) is 2.85. The Morgan fingerprint density at radius 1 is 1.27 bits per heavy atom. The first-order valence-corrected chi connectivity index (χ1v) is 7.15. The fourth-order valence-corrected chi connectivity index (χ4v) is 2.12. The van der Waals surface area contributed by atoms with Crippen LogP contribution < -0.4 is 4.74 Å². The predicted octanol–water partition coefficient (Wildman–Crippen LogP) is 3.92. The van der Waals surface area contributed by atoms with Crippen LogP contribution in [0.3, 0.4) is 0 Å². The average molecular weight is 344 g/mol. The van der Waals surface area contributed by atoms with Crippen molar-refractivity contribution >= 4 is 29.2 Å². The standard InChI is InChI=1S/C14H15Cl2N3O3/c1-14(2,3)19-11(6-10(18-19)13(20)21-4)22-12-9(16)5-8(15)7-17-12/h5-7H,1-4H3. The van der Waals surface area contributed by atoms with Gasteiger partial charge >= 0.3 is 5.97 Å². The molecular formula is C14H15Cl2N3O3. The molecule has 0 spiro atoms. The van der Waals surface area contributed by atoms with Crippen molar-refractivity contribution in [1.29, 1.82) is 0 Å². The van der Waals surface area contributed by atoms with Gasteiger partial charge in [-0.3, -0.25) is 0 Å². The maximum atomic E-state index is 11.7. The predicted molar refractivity (Wildman–Crippen MR) is 82.9 cm³/mol. The summed E-state index contributed by atoms with van der Waals surface area (Å²) in [5.74, 6) is -0.0551. The second-order valence-corrected chi connectivity index (χ2v) is 6.33. The van der Waals surface area contributed by atoms with Crippen LogP contribution in [0.2, 0.25) is 10.0 Å². The van der Waals surface area contributed by atoms with Gasteiger partial charge in [-0.05, 0) is 26.8 Å². The van der Waals surface area contributed by atoms with Crippen LogP contribution >= 0.6 is 23.2 Å². The minimum absolute atomic E-state index is 0.137. The molecule has 2 aromatic heterocycles. The smallest absolute Gasteiger partial charge is 0.358 e. The zero-order valence-electron chi connectivity index (χ0n) is 12.6. The number of methoxy groups -OCH3 is 1. The van der Waals surface area contributed by atoms with E-state index in [4.69, 9.17) is 27.9 Å². The summed E-state index contributed by atoms with van der Waals surface area (Å²) in [7, 11) is 1.29. The SMILES string of the molecule is COC(=O)c1cc(Oc2ncc(Cl)cc2Cl)n(C(C)(C)C)n1. The largest absolute Gasteiger partial charge is 0.464 e. The van der Waals surface area contributed by atoms with E-state index < -0.39 is 11.5 Å². The molecule has 0 aromatic carbocycles. The van der Waals surface area contributed by atoms with Gasteiger partial charge in [0.2, 0.25) is 11.8 Å². The van der Waals surface area contributed by atoms with Crippen molar-refractivity contribution in [3.8, 4) is 11.8 Å². The van der Waals surface area contributed by atoms with Crippen LogP contribution in [0.15, 0.2) is 18.3 Å². The molecule has 118 valence electrons. The Bertz CT molecular complexity index is 708. The highest BCUT2D eigenvalue weighted by Gasteiger charge is 2.24. The zero-order valence-corrected chi connectivity index (χ0v) is 14.1. The van der Waals surface area contributed by atoms with Crippen molar-refractivity contribution in [2.75, 3.05) is 7.11 Å². The topological polar surface area (TPSA) is 66.2 Å². The van der Waals surface area contributed by atoms with Gasteiger partial charge in [0.1, 0.15) is 5.02 Å². The number of pyridine rings is 1. The molecule has 0 saturated heterocycles. The van der Waals surface area contributed by atoms with Crippen molar-refractivity contribution in [3.05, 3.63) is 34.1 Å². The molecule has 0 atom stereocenters. The van der Waals surface area contributed by atoms with Crippen LogP contribution in [0, 0.1) is 0 Å². The lowest BCUT2D eigenvalue weighted by molar-refractivity contribution is 0.0592. The van der Waals surface area contributed by atoms with Crippen LogP contribution in [0.4, 0.5) is 0 Å². The van der Waals surface area contributed by atoms with Crippen molar-refractivity contribution in [1.82, 2.24) is 14.8 Å². The molecule has 0 bridgehead atoms. The monoisotopic (exact) mass is 343 g/mol. The number of nitrogens with zero attached hydrogens (tertiary/aromatic N) is 3. The number of hydrogen-bond donors (Lipinski definition) is 0. The molecule has 0 aliphatic carbocycles. The number of carbonyl (C=O) groups is 1. The maximum Gasteiger partial charge on any atom is 0.358 e. The fourth-order valence-electron chi connectivity index (χ4n) is 1.70. The molecule has 0 aliphatic heterocycles. The van der Waals surface area contributed by atoms with E-state index >= 15 is 0 Å². The summed E-state index contributed by atoms with van der Waals surface area (Å²) in [6.45, 7) is 5.76. The van der Waals surface area contributed by atoms with Crippen molar-refractivity contribution in [2.45, 2.75) is 26.3 Å². The Morgan fingerprint density at radius 2 is 1.95 bits per heavy atom. The molecule has 0 N–H and O–H groups in total. The Kier molecular flexibility index (Phi) is 4.63. The summed E-state index contributed by atoms with van der Waals surface area (Å²) >= 11 is 11.9. The van der Waals surface area contributed by atoms with E-state index in [1.54, 1.807) is 4.68 Å². The molecular weight excluding hydrogens is 329 g/mol. The lowest BCUT2D eigenvalue weighted by Gasteiger charge is -2.21. The number of aromatic nitrogens is 3. The van der Waals surface area contributed by atoms with Crippen LogP contribution in [0.25, 0.3) is 0 Å². The first kappa shape index (κ1) is 16.6. The highest BCUT2D eigenvalue weighted by molar-refractivity contribution is 6.35. The number of esters is 1. The minimum Gasteiger partial charge on any atom is -0.464 e. The summed E-state index contributed by atoms with van der Waals surface area (Å²) in [4.78, 5) is 15.7. The van der Waals surface area contributed by atoms with Gasteiger partial charge in [-0.1, -0.05) is 23.2 Å². The third-order valence-corrected chi connectivity index (χ3v) is 3.16. The molecule has 0 amide bonds. The first-order valence-electron chi connectivity index (χ1n) is 6.40. The van der Waals surface area contributed by atoms with Crippen LogP contribution in [0.1, 0.15) is 31.3 Å². The lowest BCUT2D eigenvalue weighted by Crippen LogP contribution is -2.24. The van der Waals surface area contributed by atoms with Gasteiger partial charge in [0, 0.05) is 12.3 Å².